The molecule has 1 aromatic heterocycles. The maximum Gasteiger partial charge on any atom is 0.355 e. The van der Waals surface area contributed by atoms with Crippen LogP contribution in [0.4, 0.5) is 0 Å². The van der Waals surface area contributed by atoms with Crippen LogP contribution in [-0.2, 0) is 11.2 Å². The van der Waals surface area contributed by atoms with E-state index in [1.54, 1.807) is 0 Å². The molecule has 23 heavy (non-hydrogen) atoms. The summed E-state index contributed by atoms with van der Waals surface area (Å²) >= 11 is 0. The number of aromatic amines is 1. The van der Waals surface area contributed by atoms with E-state index >= 15 is 0 Å². The lowest BCUT2D eigenvalue weighted by Gasteiger charge is -2.22. The van der Waals surface area contributed by atoms with Gasteiger partial charge in [0.05, 0.1) is 6.61 Å². The van der Waals surface area contributed by atoms with Crippen LogP contribution < -0.4 is 0 Å². The highest BCUT2D eigenvalue weighted by Gasteiger charge is 2.32. The molecular weight excluding hydrogens is 290 g/mol. The Labute approximate surface area is 135 Å². The number of H-pyrrole nitrogens is 1. The Balaban J connectivity index is 1.90. The molecule has 1 N–H and O–H groups in total. The lowest BCUT2D eigenvalue weighted by Crippen LogP contribution is -2.18. The molecule has 2 aromatic rings. The Morgan fingerprint density at radius 1 is 1.26 bits per heavy atom. The molecule has 0 radical (unpaired) electrons. The van der Waals surface area contributed by atoms with Crippen LogP contribution >= 0.6 is 0 Å². The van der Waals surface area contributed by atoms with Crippen molar-refractivity contribution in [3.05, 3.63) is 58.4 Å². The summed E-state index contributed by atoms with van der Waals surface area (Å²) < 4.78 is 5.20. The molecule has 1 aliphatic carbocycles. The van der Waals surface area contributed by atoms with Gasteiger partial charge in [-0.3, -0.25) is 4.79 Å². The molecule has 1 unspecified atom stereocenters. The fourth-order valence-electron chi connectivity index (χ4n) is 3.27. The van der Waals surface area contributed by atoms with E-state index in [9.17, 15) is 9.59 Å². The Bertz CT molecular complexity index is 731. The van der Waals surface area contributed by atoms with Crippen molar-refractivity contribution in [3.8, 4) is 0 Å². The van der Waals surface area contributed by atoms with Crippen molar-refractivity contribution in [2.24, 2.45) is 0 Å². The number of fused-ring (bicyclic) bond motifs is 1. The molecule has 0 spiro atoms. The Morgan fingerprint density at radius 2 is 2.00 bits per heavy atom. The number of ketones is 1. The number of nitrogens with one attached hydrogen (secondary N) is 1. The quantitative estimate of drug-likeness (QED) is 0.874. The third kappa shape index (κ3) is 2.93. The van der Waals surface area contributed by atoms with Gasteiger partial charge < -0.3 is 9.72 Å². The molecule has 0 aliphatic heterocycles. The number of hydrogen-bond acceptors (Lipinski definition) is 3. The monoisotopic (exact) mass is 311 g/mol. The van der Waals surface area contributed by atoms with Gasteiger partial charge in [0, 0.05) is 17.7 Å². The predicted molar refractivity (Wildman–Crippen MR) is 87.9 cm³/mol. The first kappa shape index (κ1) is 15.5. The first-order valence-corrected chi connectivity index (χ1v) is 8.08. The maximum atomic E-state index is 12.6. The van der Waals surface area contributed by atoms with E-state index in [-0.39, 0.29) is 17.7 Å². The molecule has 1 aromatic carbocycles. The molecule has 1 aliphatic rings. The number of esters is 1. The van der Waals surface area contributed by atoms with Gasteiger partial charge in [-0.1, -0.05) is 37.3 Å². The molecule has 4 heteroatoms. The molecule has 0 saturated carbocycles. The number of ether oxygens (including phenoxy) is 1. The highest BCUT2D eigenvalue weighted by atomic mass is 16.5. The smallest absolute Gasteiger partial charge is 0.355 e. The lowest BCUT2D eigenvalue weighted by molar-refractivity contribution is 0.0498. The number of hydrogen-bond donors (Lipinski definition) is 1. The van der Waals surface area contributed by atoms with E-state index in [1.165, 1.54) is 0 Å². The minimum atomic E-state index is -0.372. The summed E-state index contributed by atoms with van der Waals surface area (Å²) in [5, 5.41) is 0. The fraction of sp³-hybridized carbons (Fsp3) is 0.368. The van der Waals surface area contributed by atoms with Crippen LogP contribution in [0.2, 0.25) is 0 Å². The molecular formula is C19H21NO3. The van der Waals surface area contributed by atoms with Crippen molar-refractivity contribution in [1.29, 1.82) is 0 Å². The van der Waals surface area contributed by atoms with Crippen molar-refractivity contribution in [3.63, 3.8) is 0 Å². The highest BCUT2D eigenvalue weighted by Crippen LogP contribution is 2.35. The van der Waals surface area contributed by atoms with Crippen LogP contribution in [0, 0.1) is 6.92 Å². The van der Waals surface area contributed by atoms with Crippen molar-refractivity contribution in [2.45, 2.75) is 39.0 Å². The van der Waals surface area contributed by atoms with Gasteiger partial charge >= 0.3 is 5.97 Å². The zero-order valence-corrected chi connectivity index (χ0v) is 13.5. The van der Waals surface area contributed by atoms with E-state index in [1.807, 2.05) is 32.0 Å². The van der Waals surface area contributed by atoms with Crippen molar-refractivity contribution >= 4 is 11.8 Å². The molecule has 0 saturated heterocycles. The van der Waals surface area contributed by atoms with E-state index in [0.717, 1.165) is 29.7 Å². The minimum absolute atomic E-state index is 0.100. The first-order chi connectivity index (χ1) is 11.1. The summed E-state index contributed by atoms with van der Waals surface area (Å²) in [5.74, 6) is -0.111. The largest absolute Gasteiger partial charge is 0.461 e. The third-order valence-electron chi connectivity index (χ3n) is 4.40. The van der Waals surface area contributed by atoms with Gasteiger partial charge in [-0.15, -0.1) is 0 Å². The number of Topliss-reactive ketones (excluding diaryl/α,β-unsaturated/α-hetero) is 1. The van der Waals surface area contributed by atoms with E-state index in [4.69, 9.17) is 4.74 Å². The Kier molecular flexibility index (Phi) is 4.33. The summed E-state index contributed by atoms with van der Waals surface area (Å²) in [6, 6.07) is 10.1. The van der Waals surface area contributed by atoms with E-state index in [2.05, 4.69) is 17.1 Å². The normalized spacial score (nSPS) is 17.0. The number of aromatic nitrogens is 1. The average molecular weight is 311 g/mol. The van der Waals surface area contributed by atoms with Crippen LogP contribution in [0.15, 0.2) is 30.3 Å². The summed E-state index contributed by atoms with van der Waals surface area (Å²) in [7, 11) is 0. The first-order valence-electron chi connectivity index (χ1n) is 8.08. The van der Waals surface area contributed by atoms with Crippen LogP contribution in [0.1, 0.15) is 63.4 Å². The summed E-state index contributed by atoms with van der Waals surface area (Å²) in [6.07, 6.45) is 2.01. The van der Waals surface area contributed by atoms with Gasteiger partial charge in [0.2, 0.25) is 0 Å². The number of rotatable bonds is 4. The Morgan fingerprint density at radius 3 is 2.70 bits per heavy atom. The number of benzene rings is 1. The second-order valence-corrected chi connectivity index (χ2v) is 6.05. The highest BCUT2D eigenvalue weighted by molar-refractivity contribution is 6.03. The summed E-state index contributed by atoms with van der Waals surface area (Å²) in [4.78, 5) is 27.8. The predicted octanol–water partition coefficient (Wildman–Crippen LogP) is 3.80. The standard InChI is InChI=1S/C19H21NO3/c1-3-9-23-19(22)18-12(2)17-15(20-18)10-14(11-16(17)21)13-7-5-4-6-8-13/h4-8,14,20H,3,9-11H2,1-2H3. The fourth-order valence-corrected chi connectivity index (χ4v) is 3.27. The van der Waals surface area contributed by atoms with Crippen molar-refractivity contribution in [1.82, 2.24) is 4.98 Å². The van der Waals surface area contributed by atoms with E-state index in [0.29, 0.717) is 24.3 Å². The molecule has 3 rings (SSSR count). The second kappa shape index (κ2) is 6.41. The molecule has 1 heterocycles. The van der Waals surface area contributed by atoms with Crippen LogP contribution in [0.3, 0.4) is 0 Å². The topological polar surface area (TPSA) is 59.2 Å². The molecule has 0 bridgehead atoms. The van der Waals surface area contributed by atoms with Gasteiger partial charge in [-0.25, -0.2) is 4.79 Å². The summed E-state index contributed by atoms with van der Waals surface area (Å²) in [5.41, 5.74) is 3.84. The molecule has 1 atom stereocenters. The van der Waals surface area contributed by atoms with Crippen LogP contribution in [-0.4, -0.2) is 23.3 Å². The number of carbonyl (C=O) groups is 2. The SMILES string of the molecule is CCCOC(=O)c1[nH]c2c(c1C)C(=O)CC(c1ccccc1)C2. The van der Waals surface area contributed by atoms with Crippen LogP contribution in [0.5, 0.6) is 0 Å². The zero-order valence-electron chi connectivity index (χ0n) is 13.5. The molecule has 4 nitrogen and oxygen atoms in total. The lowest BCUT2D eigenvalue weighted by atomic mass is 9.81. The zero-order chi connectivity index (χ0) is 16.4. The van der Waals surface area contributed by atoms with Gasteiger partial charge in [0.15, 0.2) is 5.78 Å². The van der Waals surface area contributed by atoms with E-state index < -0.39 is 0 Å². The van der Waals surface area contributed by atoms with Gasteiger partial charge in [-0.05, 0) is 36.8 Å². The average Bonchev–Trinajstić information content (AvgIpc) is 2.91. The maximum absolute atomic E-state index is 12.6. The van der Waals surface area contributed by atoms with Gasteiger partial charge in [-0.2, -0.15) is 0 Å². The third-order valence-corrected chi connectivity index (χ3v) is 4.40. The van der Waals surface area contributed by atoms with Crippen molar-refractivity contribution in [2.75, 3.05) is 6.61 Å². The van der Waals surface area contributed by atoms with Gasteiger partial charge in [0.1, 0.15) is 5.69 Å². The minimum Gasteiger partial charge on any atom is -0.461 e. The summed E-state index contributed by atoms with van der Waals surface area (Å²) in [6.45, 7) is 4.16. The van der Waals surface area contributed by atoms with Crippen LogP contribution in [0.25, 0.3) is 0 Å². The molecule has 0 amide bonds. The molecule has 120 valence electrons. The van der Waals surface area contributed by atoms with Gasteiger partial charge in [0.25, 0.3) is 0 Å². The van der Waals surface area contributed by atoms with Crippen molar-refractivity contribution < 1.29 is 14.3 Å². The Hall–Kier alpha value is -2.36. The second-order valence-electron chi connectivity index (χ2n) is 6.05. The number of carbonyl (C=O) groups excluding carboxylic acids is 2. The molecule has 0 fully saturated rings.